The fourth-order valence-corrected chi connectivity index (χ4v) is 3.07. The first-order valence-electron chi connectivity index (χ1n) is 9.30. The van der Waals surface area contributed by atoms with E-state index < -0.39 is 17.8 Å². The number of alkyl halides is 3. The smallest absolute Gasteiger partial charge is 0.369 e. The predicted molar refractivity (Wildman–Crippen MR) is 108 cm³/mol. The lowest BCUT2D eigenvalue weighted by Gasteiger charge is -2.35. The molecule has 1 aromatic carbocycles. The van der Waals surface area contributed by atoms with Gasteiger partial charge in [0.15, 0.2) is 0 Å². The highest BCUT2D eigenvalue weighted by atomic mass is 35.5. The van der Waals surface area contributed by atoms with Gasteiger partial charge in [0, 0.05) is 38.4 Å². The number of carbonyl (C=O) groups is 1. The summed E-state index contributed by atoms with van der Waals surface area (Å²) in [5.41, 5.74) is 6.40. The predicted octanol–water partition coefficient (Wildman–Crippen LogP) is 2.87. The summed E-state index contributed by atoms with van der Waals surface area (Å²) in [6.07, 6.45) is -3.67. The molecule has 3 N–H and O–H groups in total. The highest BCUT2D eigenvalue weighted by Crippen LogP contribution is 2.33. The van der Waals surface area contributed by atoms with Crippen LogP contribution in [0.4, 0.5) is 18.9 Å². The Morgan fingerprint density at radius 1 is 1.25 bits per heavy atom. The van der Waals surface area contributed by atoms with Gasteiger partial charge in [0.25, 0.3) is 0 Å². The molecule has 0 aliphatic carbocycles. The van der Waals surface area contributed by atoms with Crippen LogP contribution in [0.5, 0.6) is 0 Å². The van der Waals surface area contributed by atoms with Crippen molar-refractivity contribution in [1.82, 2.24) is 10.2 Å². The van der Waals surface area contributed by atoms with Crippen LogP contribution < -0.4 is 16.0 Å². The molecule has 160 valence electrons. The fourth-order valence-electron chi connectivity index (χ4n) is 3.07. The van der Waals surface area contributed by atoms with Gasteiger partial charge in [-0.25, -0.2) is 0 Å². The number of amides is 1. The Morgan fingerprint density at radius 2 is 1.86 bits per heavy atom. The van der Waals surface area contributed by atoms with E-state index in [1.807, 2.05) is 20.9 Å². The highest BCUT2D eigenvalue weighted by Gasteiger charge is 2.32. The molecule has 1 saturated heterocycles. The van der Waals surface area contributed by atoms with E-state index in [0.29, 0.717) is 5.56 Å². The number of nitrogens with two attached hydrogens (primary N) is 1. The van der Waals surface area contributed by atoms with Crippen LogP contribution >= 0.6 is 12.4 Å². The molecule has 1 aliphatic heterocycles. The lowest BCUT2D eigenvalue weighted by Crippen LogP contribution is -2.46. The summed E-state index contributed by atoms with van der Waals surface area (Å²) in [5, 5.41) is 2.71. The number of halogens is 4. The lowest BCUT2D eigenvalue weighted by molar-refractivity contribution is -0.137. The molecule has 9 heteroatoms. The first-order valence-corrected chi connectivity index (χ1v) is 9.30. The van der Waals surface area contributed by atoms with E-state index in [-0.39, 0.29) is 30.8 Å². The third-order valence-electron chi connectivity index (χ3n) is 5.26. The van der Waals surface area contributed by atoms with Crippen molar-refractivity contribution in [3.8, 4) is 0 Å². The van der Waals surface area contributed by atoms with Crippen LogP contribution in [0.25, 0.3) is 0 Å². The molecular formula is C19H30ClF3N4O. The largest absolute Gasteiger partial charge is 0.416 e. The molecule has 28 heavy (non-hydrogen) atoms. The van der Waals surface area contributed by atoms with Crippen LogP contribution in [0.3, 0.4) is 0 Å². The molecule has 1 amide bonds. The average Bonchev–Trinajstić information content (AvgIpc) is 2.64. The summed E-state index contributed by atoms with van der Waals surface area (Å²) >= 11 is 0. The summed E-state index contributed by atoms with van der Waals surface area (Å²) in [7, 11) is 2.02. The number of benzene rings is 1. The third-order valence-corrected chi connectivity index (χ3v) is 5.26. The van der Waals surface area contributed by atoms with E-state index in [9.17, 15) is 18.0 Å². The Hall–Kier alpha value is -1.51. The zero-order chi connectivity index (χ0) is 20.2. The minimum atomic E-state index is -4.42. The molecule has 1 aromatic rings. The van der Waals surface area contributed by atoms with Gasteiger partial charge in [-0.2, -0.15) is 13.2 Å². The highest BCUT2D eigenvalue weighted by molar-refractivity contribution is 5.85. The number of nitrogens with zero attached hydrogens (tertiary/aromatic N) is 2. The van der Waals surface area contributed by atoms with Crippen LogP contribution in [0.2, 0.25) is 0 Å². The standard InChI is InChI=1S/C19H29F3N4O.ClH/c1-4-13(2)17(23)18(27)24-12-14-11-15(19(20,21)22)5-6-16(14)26-9-7-25(3)8-10-26;/h5-6,11,13,17H,4,7-10,12,23H2,1-3H3,(H,24,27);1H. The van der Waals surface area contributed by atoms with Gasteiger partial charge in [0.2, 0.25) is 5.91 Å². The van der Waals surface area contributed by atoms with Gasteiger partial charge in [-0.15, -0.1) is 12.4 Å². The maximum Gasteiger partial charge on any atom is 0.416 e. The molecule has 2 rings (SSSR count). The Bertz CT molecular complexity index is 649. The van der Waals surface area contributed by atoms with Crippen molar-refractivity contribution in [1.29, 1.82) is 0 Å². The minimum Gasteiger partial charge on any atom is -0.369 e. The van der Waals surface area contributed by atoms with Crippen LogP contribution in [0.15, 0.2) is 18.2 Å². The van der Waals surface area contributed by atoms with Gasteiger partial charge in [0.05, 0.1) is 11.6 Å². The molecule has 0 saturated carbocycles. The number of likely N-dealkylation sites (N-methyl/N-ethyl adjacent to an activating group) is 1. The van der Waals surface area contributed by atoms with Gasteiger partial charge >= 0.3 is 6.18 Å². The fraction of sp³-hybridized carbons (Fsp3) is 0.632. The molecule has 2 unspecified atom stereocenters. The summed E-state index contributed by atoms with van der Waals surface area (Å²) < 4.78 is 39.4. The SMILES string of the molecule is CCC(C)C(N)C(=O)NCc1cc(C(F)(F)F)ccc1N1CCN(C)CC1.Cl. The van der Waals surface area contributed by atoms with E-state index >= 15 is 0 Å². The molecule has 0 aromatic heterocycles. The van der Waals surface area contributed by atoms with Crippen LogP contribution in [0, 0.1) is 5.92 Å². The van der Waals surface area contributed by atoms with Gasteiger partial charge in [0.1, 0.15) is 0 Å². The van der Waals surface area contributed by atoms with E-state index in [4.69, 9.17) is 5.73 Å². The van der Waals surface area contributed by atoms with E-state index in [0.717, 1.165) is 50.4 Å². The Balaban J connectivity index is 0.00000392. The second-order valence-electron chi connectivity index (χ2n) is 7.26. The summed E-state index contributed by atoms with van der Waals surface area (Å²) in [4.78, 5) is 16.5. The van der Waals surface area contributed by atoms with Crippen molar-refractivity contribution in [2.75, 3.05) is 38.1 Å². The van der Waals surface area contributed by atoms with Crippen molar-refractivity contribution in [3.63, 3.8) is 0 Å². The molecule has 0 radical (unpaired) electrons. The number of rotatable bonds is 6. The number of hydrogen-bond acceptors (Lipinski definition) is 4. The zero-order valence-corrected chi connectivity index (χ0v) is 17.4. The van der Waals surface area contributed by atoms with Gasteiger partial charge < -0.3 is 20.9 Å². The first-order chi connectivity index (χ1) is 12.6. The molecule has 0 spiro atoms. The zero-order valence-electron chi connectivity index (χ0n) is 16.6. The number of carbonyl (C=O) groups excluding carboxylic acids is 1. The summed E-state index contributed by atoms with van der Waals surface area (Å²) in [6, 6.07) is 3.06. The van der Waals surface area contributed by atoms with Crippen LogP contribution in [-0.2, 0) is 17.5 Å². The number of piperazine rings is 1. The maximum atomic E-state index is 13.1. The normalized spacial score (nSPS) is 17.6. The monoisotopic (exact) mass is 422 g/mol. The molecule has 0 bridgehead atoms. The topological polar surface area (TPSA) is 61.6 Å². The van der Waals surface area contributed by atoms with E-state index in [1.54, 1.807) is 0 Å². The summed E-state index contributed by atoms with van der Waals surface area (Å²) in [5.74, 6) is -0.338. The van der Waals surface area contributed by atoms with Crippen molar-refractivity contribution < 1.29 is 18.0 Å². The molecule has 1 fully saturated rings. The van der Waals surface area contributed by atoms with Crippen LogP contribution in [-0.4, -0.2) is 50.1 Å². The number of nitrogens with one attached hydrogen (secondary N) is 1. The van der Waals surface area contributed by atoms with Gasteiger partial charge in [-0.3, -0.25) is 4.79 Å². The number of anilines is 1. The maximum absolute atomic E-state index is 13.1. The summed E-state index contributed by atoms with van der Waals surface area (Å²) in [6.45, 7) is 6.98. The van der Waals surface area contributed by atoms with Gasteiger partial charge in [-0.05, 0) is 36.7 Å². The molecule has 5 nitrogen and oxygen atoms in total. The van der Waals surface area contributed by atoms with E-state index in [2.05, 4.69) is 15.1 Å². The second kappa shape index (κ2) is 10.3. The van der Waals surface area contributed by atoms with Gasteiger partial charge in [-0.1, -0.05) is 20.3 Å². The second-order valence-corrected chi connectivity index (χ2v) is 7.26. The van der Waals surface area contributed by atoms with Crippen molar-refractivity contribution in [3.05, 3.63) is 29.3 Å². The molecule has 1 heterocycles. The number of hydrogen-bond donors (Lipinski definition) is 2. The molecule has 1 aliphatic rings. The molecule has 2 atom stereocenters. The molecular weight excluding hydrogens is 393 g/mol. The minimum absolute atomic E-state index is 0. The van der Waals surface area contributed by atoms with E-state index in [1.165, 1.54) is 6.07 Å². The quantitative estimate of drug-likeness (QED) is 0.740. The van der Waals surface area contributed by atoms with Crippen molar-refractivity contribution in [2.45, 2.75) is 39.0 Å². The van der Waals surface area contributed by atoms with Crippen molar-refractivity contribution in [2.24, 2.45) is 11.7 Å². The van der Waals surface area contributed by atoms with Crippen molar-refractivity contribution >= 4 is 24.0 Å². The van der Waals surface area contributed by atoms with Crippen LogP contribution in [0.1, 0.15) is 31.4 Å². The average molecular weight is 423 g/mol. The third kappa shape index (κ3) is 6.25. The first kappa shape index (κ1) is 24.5. The lowest BCUT2D eigenvalue weighted by atomic mass is 9.99. The Morgan fingerprint density at radius 3 is 2.39 bits per heavy atom. The Labute approximate surface area is 170 Å². The Kier molecular flexibility index (Phi) is 9.04.